The van der Waals surface area contributed by atoms with Gasteiger partial charge in [0.2, 0.25) is 5.91 Å². The zero-order chi connectivity index (χ0) is 19.6. The Kier molecular flexibility index (Phi) is 5.86. The molecule has 1 aromatic carbocycles. The molecule has 0 aliphatic heterocycles. The fourth-order valence-corrected chi connectivity index (χ4v) is 4.43. The molecule has 0 aliphatic carbocycles. The number of nitrogens with zero attached hydrogens (tertiary/aromatic N) is 1. The Hall–Kier alpha value is -2.32. The molecular weight excluding hydrogens is 382 g/mol. The van der Waals surface area contributed by atoms with Crippen molar-refractivity contribution >= 4 is 44.9 Å². The first-order valence-corrected chi connectivity index (χ1v) is 10.3. The van der Waals surface area contributed by atoms with Crippen molar-refractivity contribution in [1.82, 2.24) is 9.97 Å². The lowest BCUT2D eigenvalue weighted by molar-refractivity contribution is -0.115. The van der Waals surface area contributed by atoms with Gasteiger partial charge in [-0.25, -0.2) is 4.98 Å². The first-order chi connectivity index (χ1) is 12.9. The molecule has 0 aliphatic rings. The third-order valence-corrected chi connectivity index (χ3v) is 6.55. The number of para-hydroxylation sites is 2. The summed E-state index contributed by atoms with van der Waals surface area (Å²) in [5.74, 6) is 1.51. The molecule has 0 unspecified atom stereocenters. The molecule has 6 nitrogen and oxygen atoms in total. The number of rotatable bonds is 6. The number of hydrogen-bond donors (Lipinski definition) is 2. The van der Waals surface area contributed by atoms with E-state index in [9.17, 15) is 9.59 Å². The van der Waals surface area contributed by atoms with E-state index in [1.165, 1.54) is 23.1 Å². The Balaban J connectivity index is 1.68. The molecule has 3 rings (SSSR count). The fourth-order valence-electron chi connectivity index (χ4n) is 2.63. The largest absolute Gasteiger partial charge is 0.495 e. The maximum Gasteiger partial charge on any atom is 0.259 e. The maximum absolute atomic E-state index is 12.5. The normalized spacial score (nSPS) is 12.1. The van der Waals surface area contributed by atoms with Gasteiger partial charge in [0.1, 0.15) is 16.4 Å². The minimum absolute atomic E-state index is 0.122. The lowest BCUT2D eigenvalue weighted by Gasteiger charge is -2.14. The van der Waals surface area contributed by atoms with Crippen molar-refractivity contribution in [2.45, 2.75) is 31.8 Å². The SMILES string of the molecule is COc1ccccc1NC(=O)[C@H](C)SCc1nc2sc(C)c(C)c2c(=O)[nH]1. The van der Waals surface area contributed by atoms with Gasteiger partial charge in [-0.3, -0.25) is 9.59 Å². The summed E-state index contributed by atoms with van der Waals surface area (Å²) in [5.41, 5.74) is 1.49. The number of carbonyl (C=O) groups excluding carboxylic acids is 1. The van der Waals surface area contributed by atoms with E-state index in [1.807, 2.05) is 32.9 Å². The van der Waals surface area contributed by atoms with E-state index < -0.39 is 0 Å². The molecule has 2 N–H and O–H groups in total. The molecule has 142 valence electrons. The van der Waals surface area contributed by atoms with Crippen LogP contribution in [0.4, 0.5) is 5.69 Å². The van der Waals surface area contributed by atoms with Crippen LogP contribution in [-0.4, -0.2) is 28.2 Å². The zero-order valence-electron chi connectivity index (χ0n) is 15.6. The molecule has 0 saturated heterocycles. The molecule has 2 aromatic heterocycles. The number of methoxy groups -OCH3 is 1. The van der Waals surface area contributed by atoms with Crippen molar-refractivity contribution in [1.29, 1.82) is 0 Å². The average Bonchev–Trinajstić information content (AvgIpc) is 2.94. The number of aromatic nitrogens is 2. The number of nitrogens with one attached hydrogen (secondary N) is 2. The first-order valence-electron chi connectivity index (χ1n) is 8.45. The maximum atomic E-state index is 12.5. The number of fused-ring (bicyclic) bond motifs is 1. The van der Waals surface area contributed by atoms with E-state index in [0.29, 0.717) is 28.4 Å². The predicted octanol–water partition coefficient (Wildman–Crippen LogP) is 3.87. The number of thioether (sulfide) groups is 1. The molecular formula is C19H21N3O3S2. The van der Waals surface area contributed by atoms with Crippen LogP contribution in [0, 0.1) is 13.8 Å². The summed E-state index contributed by atoms with van der Waals surface area (Å²) in [5, 5.41) is 3.22. The molecule has 0 fully saturated rings. The molecule has 0 spiro atoms. The number of benzene rings is 1. The highest BCUT2D eigenvalue weighted by atomic mass is 32.2. The smallest absolute Gasteiger partial charge is 0.259 e. The van der Waals surface area contributed by atoms with Crippen LogP contribution >= 0.6 is 23.1 Å². The van der Waals surface area contributed by atoms with Crippen LogP contribution in [0.1, 0.15) is 23.2 Å². The standard InChI is InChI=1S/C19H21N3O3S2/c1-10-11(2)27-19-16(10)18(24)21-15(22-19)9-26-12(3)17(23)20-13-7-5-6-8-14(13)25-4/h5-8,12H,9H2,1-4H3,(H,20,23)(H,21,22,24)/t12-/m0/s1. The van der Waals surface area contributed by atoms with Gasteiger partial charge in [0.15, 0.2) is 0 Å². The number of hydrogen-bond acceptors (Lipinski definition) is 6. The highest BCUT2D eigenvalue weighted by Gasteiger charge is 2.17. The molecule has 0 saturated carbocycles. The van der Waals surface area contributed by atoms with Crippen LogP contribution in [0.15, 0.2) is 29.1 Å². The number of ether oxygens (including phenoxy) is 1. The van der Waals surface area contributed by atoms with Crippen molar-refractivity contribution in [2.24, 2.45) is 0 Å². The van der Waals surface area contributed by atoms with Gasteiger partial charge in [0.05, 0.1) is 29.2 Å². The second kappa shape index (κ2) is 8.14. The van der Waals surface area contributed by atoms with E-state index in [2.05, 4.69) is 15.3 Å². The second-order valence-electron chi connectivity index (χ2n) is 6.12. The summed E-state index contributed by atoms with van der Waals surface area (Å²) in [4.78, 5) is 34.0. The third-order valence-electron chi connectivity index (χ3n) is 4.29. The topological polar surface area (TPSA) is 84.1 Å². The Labute approximate surface area is 165 Å². The summed E-state index contributed by atoms with van der Waals surface area (Å²) in [6.07, 6.45) is 0. The Morgan fingerprint density at radius 1 is 1.37 bits per heavy atom. The van der Waals surface area contributed by atoms with Crippen LogP contribution in [0.3, 0.4) is 0 Å². The minimum Gasteiger partial charge on any atom is -0.495 e. The molecule has 0 radical (unpaired) electrons. The van der Waals surface area contributed by atoms with E-state index >= 15 is 0 Å². The second-order valence-corrected chi connectivity index (χ2v) is 8.65. The van der Waals surface area contributed by atoms with Crippen LogP contribution in [0.2, 0.25) is 0 Å². The highest BCUT2D eigenvalue weighted by Crippen LogP contribution is 2.27. The molecule has 27 heavy (non-hydrogen) atoms. The van der Waals surface area contributed by atoms with Gasteiger partial charge < -0.3 is 15.0 Å². The molecule has 1 atom stereocenters. The number of amides is 1. The van der Waals surface area contributed by atoms with Gasteiger partial charge >= 0.3 is 0 Å². The van der Waals surface area contributed by atoms with Gasteiger partial charge in [-0.05, 0) is 38.5 Å². The van der Waals surface area contributed by atoms with E-state index in [-0.39, 0.29) is 16.7 Å². The van der Waals surface area contributed by atoms with Crippen molar-refractivity contribution in [2.75, 3.05) is 12.4 Å². The molecule has 0 bridgehead atoms. The van der Waals surface area contributed by atoms with Gasteiger partial charge in [0.25, 0.3) is 5.56 Å². The number of aryl methyl sites for hydroxylation is 2. The number of anilines is 1. The van der Waals surface area contributed by atoms with Crippen molar-refractivity contribution in [3.05, 3.63) is 50.9 Å². The van der Waals surface area contributed by atoms with Crippen LogP contribution in [-0.2, 0) is 10.5 Å². The van der Waals surface area contributed by atoms with E-state index in [0.717, 1.165) is 15.3 Å². The van der Waals surface area contributed by atoms with Gasteiger partial charge in [-0.1, -0.05) is 12.1 Å². The van der Waals surface area contributed by atoms with Crippen molar-refractivity contribution in [3.63, 3.8) is 0 Å². The summed E-state index contributed by atoms with van der Waals surface area (Å²) < 4.78 is 5.25. The third kappa shape index (κ3) is 4.17. The monoisotopic (exact) mass is 403 g/mol. The lowest BCUT2D eigenvalue weighted by atomic mass is 10.2. The van der Waals surface area contributed by atoms with E-state index in [1.54, 1.807) is 19.2 Å². The van der Waals surface area contributed by atoms with Crippen molar-refractivity contribution < 1.29 is 9.53 Å². The zero-order valence-corrected chi connectivity index (χ0v) is 17.2. The van der Waals surface area contributed by atoms with Crippen LogP contribution in [0.5, 0.6) is 5.75 Å². The number of thiophene rings is 1. The quantitative estimate of drug-likeness (QED) is 0.653. The summed E-state index contributed by atoms with van der Waals surface area (Å²) in [6, 6.07) is 7.27. The van der Waals surface area contributed by atoms with Gasteiger partial charge in [0, 0.05) is 4.88 Å². The molecule has 3 aromatic rings. The first kappa shape index (κ1) is 19.4. The van der Waals surface area contributed by atoms with E-state index in [4.69, 9.17) is 4.74 Å². The number of carbonyl (C=O) groups is 1. The van der Waals surface area contributed by atoms with Crippen molar-refractivity contribution in [3.8, 4) is 5.75 Å². The fraction of sp³-hybridized carbons (Fsp3) is 0.316. The Bertz CT molecular complexity index is 1040. The highest BCUT2D eigenvalue weighted by molar-refractivity contribution is 7.99. The summed E-state index contributed by atoms with van der Waals surface area (Å²) in [6.45, 7) is 5.75. The average molecular weight is 404 g/mol. The Morgan fingerprint density at radius 2 is 2.11 bits per heavy atom. The molecule has 2 heterocycles. The Morgan fingerprint density at radius 3 is 2.85 bits per heavy atom. The van der Waals surface area contributed by atoms with Crippen LogP contribution < -0.4 is 15.6 Å². The minimum atomic E-state index is -0.317. The predicted molar refractivity (Wildman–Crippen MR) is 112 cm³/mol. The lowest BCUT2D eigenvalue weighted by Crippen LogP contribution is -2.23. The van der Waals surface area contributed by atoms with Gasteiger partial charge in [-0.15, -0.1) is 23.1 Å². The van der Waals surface area contributed by atoms with Crippen LogP contribution in [0.25, 0.3) is 10.2 Å². The number of aromatic amines is 1. The molecule has 1 amide bonds. The number of H-pyrrole nitrogens is 1. The summed E-state index contributed by atoms with van der Waals surface area (Å²) in [7, 11) is 1.56. The van der Waals surface area contributed by atoms with Gasteiger partial charge in [-0.2, -0.15) is 0 Å². The summed E-state index contributed by atoms with van der Waals surface area (Å²) >= 11 is 2.94. The molecule has 8 heteroatoms.